The molecule has 0 aromatic carbocycles. The van der Waals surface area contributed by atoms with E-state index < -0.39 is 0 Å². The van der Waals surface area contributed by atoms with Crippen LogP contribution in [-0.2, 0) is 0 Å². The minimum Gasteiger partial charge on any atom is -0.396 e. The summed E-state index contributed by atoms with van der Waals surface area (Å²) in [5, 5.41) is 8.18. The van der Waals surface area contributed by atoms with Gasteiger partial charge in [-0.25, -0.2) is 0 Å². The van der Waals surface area contributed by atoms with Crippen LogP contribution in [0.25, 0.3) is 0 Å². The van der Waals surface area contributed by atoms with Crippen LogP contribution in [0.5, 0.6) is 0 Å². The van der Waals surface area contributed by atoms with E-state index in [0.29, 0.717) is 13.0 Å². The molecule has 0 amide bonds. The first-order valence-electron chi connectivity index (χ1n) is 2.22. The highest BCUT2D eigenvalue weighted by atomic mass is 16.2. The number of nitrogens with two attached hydrogens (primary N) is 1. The van der Waals surface area contributed by atoms with Crippen LogP contribution in [0.3, 0.4) is 0 Å². The van der Waals surface area contributed by atoms with E-state index in [1.54, 1.807) is 0 Å². The lowest BCUT2D eigenvalue weighted by atomic mass is 10.5. The molecule has 0 rings (SSSR count). The summed E-state index contributed by atoms with van der Waals surface area (Å²) in [5.41, 5.74) is 4.90. The number of aliphatic imine (C=N–C) groups is 1. The highest BCUT2D eigenvalue weighted by Crippen LogP contribution is 1.73. The predicted molar refractivity (Wildman–Crippen MR) is 29.2 cm³/mol. The van der Waals surface area contributed by atoms with E-state index in [1.807, 2.05) is 0 Å². The van der Waals surface area contributed by atoms with Crippen molar-refractivity contribution in [3.05, 3.63) is 0 Å². The molecule has 7 heavy (non-hydrogen) atoms. The first-order chi connectivity index (χ1) is 3.41. The number of hydrogen-bond donors (Lipinski definition) is 2. The molecule has 0 aliphatic heterocycles. The van der Waals surface area contributed by atoms with Gasteiger partial charge < -0.3 is 10.8 Å². The van der Waals surface area contributed by atoms with Crippen LogP contribution >= 0.6 is 0 Å². The first kappa shape index (κ1) is 6.43. The second-order valence-corrected chi connectivity index (χ2v) is 1.13. The van der Waals surface area contributed by atoms with Gasteiger partial charge >= 0.3 is 0 Å². The van der Waals surface area contributed by atoms with E-state index in [9.17, 15) is 0 Å². The molecule has 0 aliphatic rings. The molecule has 0 saturated heterocycles. The van der Waals surface area contributed by atoms with Gasteiger partial charge in [0, 0.05) is 13.2 Å². The Morgan fingerprint density at radius 1 is 1.71 bits per heavy atom. The quantitative estimate of drug-likeness (QED) is 0.283. The second kappa shape index (κ2) is 5.43. The number of nitrogens with zero attached hydrogens (tertiary/aromatic N) is 1. The van der Waals surface area contributed by atoms with E-state index in [1.165, 1.54) is 6.34 Å². The highest BCUT2D eigenvalue weighted by molar-refractivity contribution is 5.50. The molecule has 0 saturated carbocycles. The molecule has 0 aromatic heterocycles. The van der Waals surface area contributed by atoms with Gasteiger partial charge in [0.25, 0.3) is 0 Å². The Bertz CT molecular complexity index is 53.7. The van der Waals surface area contributed by atoms with E-state index in [4.69, 9.17) is 10.8 Å². The van der Waals surface area contributed by atoms with Crippen LogP contribution in [0.1, 0.15) is 6.42 Å². The summed E-state index contributed by atoms with van der Waals surface area (Å²) in [5.74, 6) is 0. The standard InChI is InChI=1S/C4H10N2O/c5-4-6-2-1-3-7/h4,7H,1-3H2,(H2,5,6). The lowest BCUT2D eigenvalue weighted by molar-refractivity contribution is 0.291. The van der Waals surface area contributed by atoms with Crippen molar-refractivity contribution in [1.29, 1.82) is 0 Å². The van der Waals surface area contributed by atoms with Crippen LogP contribution in [0.2, 0.25) is 0 Å². The molecule has 3 N–H and O–H groups in total. The molecule has 0 spiro atoms. The topological polar surface area (TPSA) is 58.6 Å². The van der Waals surface area contributed by atoms with Gasteiger partial charge in [-0.3, -0.25) is 4.99 Å². The largest absolute Gasteiger partial charge is 0.396 e. The smallest absolute Gasteiger partial charge is 0.0797 e. The number of aliphatic hydroxyl groups excluding tert-OH is 1. The monoisotopic (exact) mass is 102 g/mol. The van der Waals surface area contributed by atoms with Crippen molar-refractivity contribution in [2.24, 2.45) is 10.7 Å². The molecule has 0 fully saturated rings. The third kappa shape index (κ3) is 5.43. The number of aliphatic hydroxyl groups is 1. The van der Waals surface area contributed by atoms with Crippen LogP contribution in [-0.4, -0.2) is 24.6 Å². The average molecular weight is 102 g/mol. The van der Waals surface area contributed by atoms with Crippen molar-refractivity contribution >= 4 is 6.34 Å². The Morgan fingerprint density at radius 3 is 2.86 bits per heavy atom. The lowest BCUT2D eigenvalue weighted by Crippen LogP contribution is -1.92. The molecule has 0 aliphatic carbocycles. The number of rotatable bonds is 3. The van der Waals surface area contributed by atoms with Gasteiger partial charge in [-0.15, -0.1) is 0 Å². The minimum atomic E-state index is 0.192. The maximum Gasteiger partial charge on any atom is 0.0797 e. The zero-order valence-electron chi connectivity index (χ0n) is 4.17. The molecule has 0 radical (unpaired) electrons. The molecule has 0 bridgehead atoms. The Kier molecular flexibility index (Phi) is 4.99. The summed E-state index contributed by atoms with van der Waals surface area (Å²) in [4.78, 5) is 3.65. The minimum absolute atomic E-state index is 0.192. The van der Waals surface area contributed by atoms with Crippen molar-refractivity contribution < 1.29 is 5.11 Å². The lowest BCUT2D eigenvalue weighted by Gasteiger charge is -1.84. The Morgan fingerprint density at radius 2 is 2.43 bits per heavy atom. The zero-order chi connectivity index (χ0) is 5.54. The normalized spacial score (nSPS) is 10.4. The molecule has 42 valence electrons. The zero-order valence-corrected chi connectivity index (χ0v) is 4.17. The van der Waals surface area contributed by atoms with E-state index in [-0.39, 0.29) is 6.61 Å². The summed E-state index contributed by atoms with van der Waals surface area (Å²) in [6.45, 7) is 0.824. The van der Waals surface area contributed by atoms with Crippen molar-refractivity contribution in [3.63, 3.8) is 0 Å². The summed E-state index contributed by atoms with van der Waals surface area (Å²) < 4.78 is 0. The van der Waals surface area contributed by atoms with Crippen LogP contribution in [0, 0.1) is 0 Å². The predicted octanol–water partition coefficient (Wildman–Crippen LogP) is -0.644. The Labute approximate surface area is 42.9 Å². The highest BCUT2D eigenvalue weighted by Gasteiger charge is 1.74. The average Bonchev–Trinajstić information content (AvgIpc) is 1.69. The molecule has 3 heteroatoms. The SMILES string of the molecule is NC=NCCCO. The fourth-order valence-electron chi connectivity index (χ4n) is 0.237. The van der Waals surface area contributed by atoms with Crippen molar-refractivity contribution in [3.8, 4) is 0 Å². The Balaban J connectivity index is 2.69. The van der Waals surface area contributed by atoms with Gasteiger partial charge in [-0.1, -0.05) is 0 Å². The third-order valence-electron chi connectivity index (χ3n) is 0.551. The second-order valence-electron chi connectivity index (χ2n) is 1.13. The van der Waals surface area contributed by atoms with Crippen molar-refractivity contribution in [1.82, 2.24) is 0 Å². The van der Waals surface area contributed by atoms with Gasteiger partial charge in [0.1, 0.15) is 0 Å². The van der Waals surface area contributed by atoms with Gasteiger partial charge in [0.05, 0.1) is 6.34 Å². The van der Waals surface area contributed by atoms with E-state index in [2.05, 4.69) is 4.99 Å². The van der Waals surface area contributed by atoms with E-state index >= 15 is 0 Å². The third-order valence-corrected chi connectivity index (χ3v) is 0.551. The van der Waals surface area contributed by atoms with Crippen LogP contribution in [0.4, 0.5) is 0 Å². The fourth-order valence-corrected chi connectivity index (χ4v) is 0.237. The van der Waals surface area contributed by atoms with Crippen LogP contribution in [0.15, 0.2) is 4.99 Å². The molecule has 0 atom stereocenters. The fraction of sp³-hybridized carbons (Fsp3) is 0.750. The maximum atomic E-state index is 8.18. The molecule has 3 nitrogen and oxygen atoms in total. The molecular formula is C4H10N2O. The van der Waals surface area contributed by atoms with Gasteiger partial charge in [0.15, 0.2) is 0 Å². The van der Waals surface area contributed by atoms with Crippen LogP contribution < -0.4 is 5.73 Å². The van der Waals surface area contributed by atoms with E-state index in [0.717, 1.165) is 0 Å². The Hall–Kier alpha value is -0.570. The number of hydrogen-bond acceptors (Lipinski definition) is 2. The first-order valence-corrected chi connectivity index (χ1v) is 2.22. The van der Waals surface area contributed by atoms with Gasteiger partial charge in [-0.05, 0) is 6.42 Å². The van der Waals surface area contributed by atoms with Crippen molar-refractivity contribution in [2.75, 3.05) is 13.2 Å². The molecule has 0 unspecified atom stereocenters. The van der Waals surface area contributed by atoms with Gasteiger partial charge in [0.2, 0.25) is 0 Å². The maximum absolute atomic E-state index is 8.18. The van der Waals surface area contributed by atoms with Gasteiger partial charge in [-0.2, -0.15) is 0 Å². The summed E-state index contributed by atoms with van der Waals surface area (Å²) in [6, 6.07) is 0. The summed E-state index contributed by atoms with van der Waals surface area (Å²) >= 11 is 0. The van der Waals surface area contributed by atoms with Crippen molar-refractivity contribution in [2.45, 2.75) is 6.42 Å². The summed E-state index contributed by atoms with van der Waals surface area (Å²) in [6.07, 6.45) is 1.95. The molecular weight excluding hydrogens is 92.1 g/mol. The molecule has 0 aromatic rings. The molecule has 0 heterocycles. The summed E-state index contributed by atoms with van der Waals surface area (Å²) in [7, 11) is 0.